The highest BCUT2D eigenvalue weighted by Crippen LogP contribution is 2.67. The van der Waals surface area contributed by atoms with Crippen LogP contribution in [0.3, 0.4) is 0 Å². The molecule has 0 spiro atoms. The third-order valence-corrected chi connectivity index (χ3v) is 12.5. The lowest BCUT2D eigenvalue weighted by atomic mass is 9.46. The minimum absolute atomic E-state index is 0.0292. The molecule has 3 saturated carbocycles. The van der Waals surface area contributed by atoms with E-state index >= 15 is 0 Å². The second kappa shape index (κ2) is 11.9. The summed E-state index contributed by atoms with van der Waals surface area (Å²) in [5.41, 5.74) is 1.59. The zero-order chi connectivity index (χ0) is 29.0. The molecule has 5 aliphatic rings. The monoisotopic (exact) mass is 564 g/mol. The van der Waals surface area contributed by atoms with Crippen molar-refractivity contribution in [3.63, 3.8) is 0 Å². The maximum atomic E-state index is 11.7. The van der Waals surface area contributed by atoms with E-state index in [2.05, 4.69) is 40.7 Å². The van der Waals surface area contributed by atoms with Gasteiger partial charge in [0, 0.05) is 0 Å². The van der Waals surface area contributed by atoms with Crippen molar-refractivity contribution in [2.45, 2.75) is 142 Å². The molecule has 0 aromatic rings. The molecule has 5 rings (SSSR count). The third-order valence-electron chi connectivity index (χ3n) is 12.5. The van der Waals surface area contributed by atoms with Crippen LogP contribution in [0.15, 0.2) is 11.6 Å². The maximum Gasteiger partial charge on any atom is 0.186 e. The first-order chi connectivity index (χ1) is 18.9. The van der Waals surface area contributed by atoms with Crippen molar-refractivity contribution in [3.05, 3.63) is 11.6 Å². The van der Waals surface area contributed by atoms with Gasteiger partial charge in [-0.25, -0.2) is 0 Å². The average Bonchev–Trinajstić information content (AvgIpc) is 3.26. The number of fused-ring (bicyclic) bond motifs is 5. The van der Waals surface area contributed by atoms with Crippen LogP contribution in [0.5, 0.6) is 0 Å². The van der Waals surface area contributed by atoms with Crippen LogP contribution in [0.4, 0.5) is 0 Å². The average molecular weight is 565 g/mol. The first kappa shape index (κ1) is 30.9. The highest BCUT2D eigenvalue weighted by molar-refractivity contribution is 5.28. The van der Waals surface area contributed by atoms with Gasteiger partial charge in [-0.05, 0) is 91.3 Å². The van der Waals surface area contributed by atoms with Gasteiger partial charge < -0.3 is 35.0 Å². The summed E-state index contributed by atoms with van der Waals surface area (Å²) in [5.74, 6) is 3.59. The van der Waals surface area contributed by atoms with Gasteiger partial charge in [-0.2, -0.15) is 0 Å². The van der Waals surface area contributed by atoms with Gasteiger partial charge in [0.2, 0.25) is 0 Å². The van der Waals surface area contributed by atoms with Crippen molar-refractivity contribution in [3.8, 4) is 0 Å². The molecule has 40 heavy (non-hydrogen) atoms. The van der Waals surface area contributed by atoms with Crippen LogP contribution >= 0.6 is 0 Å². The molecular weight excluding hydrogens is 508 g/mol. The molecule has 0 aromatic heterocycles. The molecule has 4 aliphatic carbocycles. The number of aliphatic hydroxyl groups is 5. The zero-order valence-electron chi connectivity index (χ0n) is 25.4. The normalized spacial score (nSPS) is 49.7. The Balaban J connectivity index is 1.28. The van der Waals surface area contributed by atoms with Gasteiger partial charge in [0.15, 0.2) is 6.29 Å². The molecule has 0 aromatic carbocycles. The number of aliphatic hydroxyl groups excluding tert-OH is 5. The van der Waals surface area contributed by atoms with Gasteiger partial charge in [0.1, 0.15) is 24.4 Å². The molecule has 7 heteroatoms. The molecule has 0 radical (unpaired) electrons. The Morgan fingerprint density at radius 3 is 2.38 bits per heavy atom. The zero-order valence-corrected chi connectivity index (χ0v) is 25.4. The highest BCUT2D eigenvalue weighted by Gasteiger charge is 2.61. The summed E-state index contributed by atoms with van der Waals surface area (Å²) < 4.78 is 11.8. The Bertz CT molecular complexity index is 905. The fourth-order valence-corrected chi connectivity index (χ4v) is 10.1. The molecule has 1 heterocycles. The van der Waals surface area contributed by atoms with Crippen molar-refractivity contribution >= 4 is 0 Å². The molecule has 7 nitrogen and oxygen atoms in total. The summed E-state index contributed by atoms with van der Waals surface area (Å²) in [7, 11) is 0. The smallest absolute Gasteiger partial charge is 0.186 e. The SMILES string of the molecule is CC(C)CCC[C@@H](C)[C@H]1CC[C@H]2[C@@H]3[C@@H](O)C=C4C[C@@H](O[C@H]5O[C@H](CO)[C@H](O)[C@@H](O)[C@@H]5O)CC[C@]4(C)[C@H]3CC[C@]12C. The highest BCUT2D eigenvalue weighted by atomic mass is 16.7. The van der Waals surface area contributed by atoms with Crippen LogP contribution in [-0.4, -0.2) is 75.1 Å². The molecule has 14 atom stereocenters. The van der Waals surface area contributed by atoms with E-state index in [1.807, 2.05) is 0 Å². The molecule has 1 saturated heterocycles. The number of hydrogen-bond acceptors (Lipinski definition) is 7. The van der Waals surface area contributed by atoms with Gasteiger partial charge in [-0.15, -0.1) is 0 Å². The van der Waals surface area contributed by atoms with Crippen molar-refractivity contribution < 1.29 is 35.0 Å². The minimum atomic E-state index is -1.44. The largest absolute Gasteiger partial charge is 0.394 e. The molecule has 0 unspecified atom stereocenters. The molecule has 0 bridgehead atoms. The fourth-order valence-electron chi connectivity index (χ4n) is 10.1. The second-order valence-electron chi connectivity index (χ2n) is 15.1. The predicted molar refractivity (Wildman–Crippen MR) is 153 cm³/mol. The van der Waals surface area contributed by atoms with E-state index in [0.29, 0.717) is 29.6 Å². The molecular formula is C33H56O7. The lowest BCUT2D eigenvalue weighted by Gasteiger charge is -2.59. The van der Waals surface area contributed by atoms with E-state index in [1.54, 1.807) is 0 Å². The fraction of sp³-hybridized carbons (Fsp3) is 0.939. The quantitative estimate of drug-likeness (QED) is 0.281. The standard InChI is InChI=1S/C33H56O7/c1-18(2)7-6-8-19(3)22-9-10-23-27-24(12-14-33(22,23)5)32(4)13-11-21(15-20(32)16-25(27)35)39-31-30(38)29(37)28(36)26(17-34)40-31/h16,18-19,21-31,34-38H,6-15,17H2,1-5H3/t19-,21+,22-,23+,24+,25+,26-,27+,28+,29-,30+,31+,32+,33-/m1/s1. The Hall–Kier alpha value is -0.540. The summed E-state index contributed by atoms with van der Waals surface area (Å²) in [6, 6.07) is 0. The van der Waals surface area contributed by atoms with Crippen LogP contribution in [0.25, 0.3) is 0 Å². The van der Waals surface area contributed by atoms with Crippen LogP contribution in [-0.2, 0) is 9.47 Å². The lowest BCUT2D eigenvalue weighted by Crippen LogP contribution is -2.60. The molecule has 4 fully saturated rings. The van der Waals surface area contributed by atoms with Gasteiger partial charge in [-0.1, -0.05) is 65.5 Å². The Labute approximate surface area is 241 Å². The topological polar surface area (TPSA) is 120 Å². The number of rotatable bonds is 8. The number of hydrogen-bond donors (Lipinski definition) is 5. The van der Waals surface area contributed by atoms with Gasteiger partial charge in [-0.3, -0.25) is 0 Å². The molecule has 230 valence electrons. The Morgan fingerprint density at radius 1 is 0.925 bits per heavy atom. The minimum Gasteiger partial charge on any atom is -0.394 e. The Kier molecular flexibility index (Phi) is 9.16. The first-order valence-corrected chi connectivity index (χ1v) is 16.3. The maximum absolute atomic E-state index is 11.7. The van der Waals surface area contributed by atoms with E-state index in [1.165, 1.54) is 44.1 Å². The summed E-state index contributed by atoms with van der Waals surface area (Å²) in [6.07, 6.45) is 6.47. The van der Waals surface area contributed by atoms with E-state index in [0.717, 1.165) is 37.0 Å². The molecule has 1 aliphatic heterocycles. The second-order valence-corrected chi connectivity index (χ2v) is 15.1. The Morgan fingerprint density at radius 2 is 1.68 bits per heavy atom. The van der Waals surface area contributed by atoms with E-state index in [4.69, 9.17) is 9.47 Å². The predicted octanol–water partition coefficient (Wildman–Crippen LogP) is 4.18. The molecule has 5 N–H and O–H groups in total. The van der Waals surface area contributed by atoms with Crippen LogP contribution < -0.4 is 0 Å². The van der Waals surface area contributed by atoms with Gasteiger partial charge in [0.05, 0.1) is 18.8 Å². The van der Waals surface area contributed by atoms with E-state index < -0.39 is 43.4 Å². The van der Waals surface area contributed by atoms with Crippen LogP contribution in [0.1, 0.15) is 98.8 Å². The van der Waals surface area contributed by atoms with E-state index in [-0.39, 0.29) is 11.5 Å². The van der Waals surface area contributed by atoms with Gasteiger partial charge in [0.25, 0.3) is 0 Å². The van der Waals surface area contributed by atoms with Crippen LogP contribution in [0, 0.1) is 46.3 Å². The van der Waals surface area contributed by atoms with Crippen molar-refractivity contribution in [2.75, 3.05) is 6.61 Å². The van der Waals surface area contributed by atoms with Gasteiger partial charge >= 0.3 is 0 Å². The van der Waals surface area contributed by atoms with Crippen LogP contribution in [0.2, 0.25) is 0 Å². The van der Waals surface area contributed by atoms with Crippen molar-refractivity contribution in [2.24, 2.45) is 46.3 Å². The summed E-state index contributed by atoms with van der Waals surface area (Å²) in [4.78, 5) is 0. The van der Waals surface area contributed by atoms with Crippen molar-refractivity contribution in [1.29, 1.82) is 0 Å². The summed E-state index contributed by atoms with van der Waals surface area (Å²) >= 11 is 0. The molecule has 0 amide bonds. The summed E-state index contributed by atoms with van der Waals surface area (Å²) in [5, 5.41) is 52.0. The number of ether oxygens (including phenoxy) is 2. The first-order valence-electron chi connectivity index (χ1n) is 16.3. The third kappa shape index (κ3) is 5.35. The lowest BCUT2D eigenvalue weighted by molar-refractivity contribution is -0.313. The van der Waals surface area contributed by atoms with E-state index in [9.17, 15) is 25.5 Å². The summed E-state index contributed by atoms with van der Waals surface area (Å²) in [6.45, 7) is 11.6. The van der Waals surface area contributed by atoms with Crippen molar-refractivity contribution in [1.82, 2.24) is 0 Å².